The van der Waals surface area contributed by atoms with Crippen LogP contribution in [0.1, 0.15) is 34.8 Å². The van der Waals surface area contributed by atoms with Gasteiger partial charge in [0.1, 0.15) is 0 Å². The Morgan fingerprint density at radius 2 is 1.58 bits per heavy atom. The molecular formula is C17H18OS. The van der Waals surface area contributed by atoms with Gasteiger partial charge >= 0.3 is 0 Å². The van der Waals surface area contributed by atoms with Crippen molar-refractivity contribution in [3.63, 3.8) is 0 Å². The van der Waals surface area contributed by atoms with Gasteiger partial charge in [-0.2, -0.15) is 0 Å². The van der Waals surface area contributed by atoms with E-state index in [4.69, 9.17) is 0 Å². The largest absolute Gasteiger partial charge is 0.294 e. The first-order valence-corrected chi connectivity index (χ1v) is 7.30. The van der Waals surface area contributed by atoms with E-state index >= 15 is 0 Å². The average Bonchev–Trinajstić information content (AvgIpc) is 2.38. The minimum absolute atomic E-state index is 0.228. The summed E-state index contributed by atoms with van der Waals surface area (Å²) < 4.78 is 0. The van der Waals surface area contributed by atoms with Crippen LogP contribution in [0.4, 0.5) is 0 Å². The maximum absolute atomic E-state index is 11.9. The molecule has 0 spiro atoms. The standard InChI is InChI=1S/C17H18OS/c1-4-16(18)17-12(2)10-15(11-13(17)3)19-14-8-6-5-7-9-14/h5-11H,4H2,1-3H3. The highest BCUT2D eigenvalue weighted by Gasteiger charge is 2.12. The molecule has 0 amide bonds. The van der Waals surface area contributed by atoms with Gasteiger partial charge in [-0.3, -0.25) is 4.79 Å². The maximum atomic E-state index is 11.9. The van der Waals surface area contributed by atoms with Gasteiger partial charge in [0.2, 0.25) is 0 Å². The van der Waals surface area contributed by atoms with Crippen LogP contribution in [0.25, 0.3) is 0 Å². The Bertz CT molecular complexity index is 564. The molecule has 0 bridgehead atoms. The van der Waals surface area contributed by atoms with Crippen molar-refractivity contribution in [3.05, 3.63) is 59.2 Å². The Morgan fingerprint density at radius 3 is 2.11 bits per heavy atom. The van der Waals surface area contributed by atoms with Crippen LogP contribution in [-0.2, 0) is 0 Å². The average molecular weight is 270 g/mol. The number of aryl methyl sites for hydroxylation is 2. The Balaban J connectivity index is 2.33. The number of hydrogen-bond acceptors (Lipinski definition) is 2. The number of benzene rings is 2. The molecule has 2 rings (SSSR count). The molecule has 2 aromatic carbocycles. The molecule has 0 aromatic heterocycles. The van der Waals surface area contributed by atoms with E-state index in [1.807, 2.05) is 39.0 Å². The van der Waals surface area contributed by atoms with E-state index in [-0.39, 0.29) is 5.78 Å². The molecule has 0 saturated heterocycles. The highest BCUT2D eigenvalue weighted by atomic mass is 32.2. The number of carbonyl (C=O) groups excluding carboxylic acids is 1. The summed E-state index contributed by atoms with van der Waals surface area (Å²) in [4.78, 5) is 14.3. The molecule has 0 aliphatic rings. The minimum Gasteiger partial charge on any atom is -0.294 e. The Labute approximate surface area is 119 Å². The van der Waals surface area contributed by atoms with Crippen LogP contribution in [0.3, 0.4) is 0 Å². The summed E-state index contributed by atoms with van der Waals surface area (Å²) in [7, 11) is 0. The lowest BCUT2D eigenvalue weighted by atomic mass is 9.98. The van der Waals surface area contributed by atoms with Gasteiger partial charge in [-0.1, -0.05) is 36.9 Å². The molecule has 0 fully saturated rings. The number of carbonyl (C=O) groups is 1. The fourth-order valence-electron chi connectivity index (χ4n) is 2.22. The maximum Gasteiger partial charge on any atom is 0.163 e. The van der Waals surface area contributed by atoms with Crippen LogP contribution in [0, 0.1) is 13.8 Å². The van der Waals surface area contributed by atoms with Crippen LogP contribution in [-0.4, -0.2) is 5.78 Å². The van der Waals surface area contributed by atoms with Gasteiger partial charge in [-0.15, -0.1) is 0 Å². The van der Waals surface area contributed by atoms with Gasteiger partial charge in [0.25, 0.3) is 0 Å². The van der Waals surface area contributed by atoms with E-state index in [0.29, 0.717) is 6.42 Å². The van der Waals surface area contributed by atoms with Crippen LogP contribution in [0.15, 0.2) is 52.3 Å². The third-order valence-corrected chi connectivity index (χ3v) is 4.06. The van der Waals surface area contributed by atoms with Crippen molar-refractivity contribution in [3.8, 4) is 0 Å². The zero-order valence-electron chi connectivity index (χ0n) is 11.6. The van der Waals surface area contributed by atoms with E-state index in [9.17, 15) is 4.79 Å². The first-order valence-electron chi connectivity index (χ1n) is 6.49. The first kappa shape index (κ1) is 13.9. The lowest BCUT2D eigenvalue weighted by molar-refractivity contribution is 0.0987. The quantitative estimate of drug-likeness (QED) is 0.723. The van der Waals surface area contributed by atoms with Crippen molar-refractivity contribution in [2.24, 2.45) is 0 Å². The van der Waals surface area contributed by atoms with Gasteiger partial charge < -0.3 is 0 Å². The second-order valence-electron chi connectivity index (χ2n) is 4.62. The van der Waals surface area contributed by atoms with Gasteiger partial charge in [0.15, 0.2) is 5.78 Å². The highest BCUT2D eigenvalue weighted by Crippen LogP contribution is 2.30. The molecule has 98 valence electrons. The second kappa shape index (κ2) is 6.07. The van der Waals surface area contributed by atoms with Crippen molar-refractivity contribution in [2.75, 3.05) is 0 Å². The predicted molar refractivity (Wildman–Crippen MR) is 81.1 cm³/mol. The van der Waals surface area contributed by atoms with Gasteiger partial charge in [-0.05, 0) is 49.2 Å². The van der Waals surface area contributed by atoms with E-state index in [1.165, 1.54) is 9.79 Å². The molecule has 2 aromatic rings. The monoisotopic (exact) mass is 270 g/mol. The van der Waals surface area contributed by atoms with Crippen LogP contribution in [0.2, 0.25) is 0 Å². The molecule has 2 heteroatoms. The predicted octanol–water partition coefficient (Wildman–Crippen LogP) is 5.05. The summed E-state index contributed by atoms with van der Waals surface area (Å²) in [6, 6.07) is 14.5. The highest BCUT2D eigenvalue weighted by molar-refractivity contribution is 7.99. The number of ketones is 1. The molecule has 0 saturated carbocycles. The van der Waals surface area contributed by atoms with Crippen molar-refractivity contribution in [2.45, 2.75) is 37.0 Å². The fourth-order valence-corrected chi connectivity index (χ4v) is 3.26. The van der Waals surface area contributed by atoms with Crippen molar-refractivity contribution in [1.82, 2.24) is 0 Å². The zero-order chi connectivity index (χ0) is 13.8. The molecular weight excluding hydrogens is 252 g/mol. The smallest absolute Gasteiger partial charge is 0.163 e. The Kier molecular flexibility index (Phi) is 4.43. The summed E-state index contributed by atoms with van der Waals surface area (Å²) >= 11 is 1.73. The first-order chi connectivity index (χ1) is 9.11. The third-order valence-electron chi connectivity index (χ3n) is 3.09. The number of Topliss-reactive ketones (excluding diaryl/α,β-unsaturated/α-hetero) is 1. The molecule has 0 unspecified atom stereocenters. The van der Waals surface area contributed by atoms with E-state index in [0.717, 1.165) is 16.7 Å². The third kappa shape index (κ3) is 3.27. The van der Waals surface area contributed by atoms with Crippen LogP contribution >= 0.6 is 11.8 Å². The second-order valence-corrected chi connectivity index (χ2v) is 5.77. The normalized spacial score (nSPS) is 10.5. The Hall–Kier alpha value is -1.54. The molecule has 0 radical (unpaired) electrons. The molecule has 0 aliphatic heterocycles. The number of rotatable bonds is 4. The molecule has 19 heavy (non-hydrogen) atoms. The fraction of sp³-hybridized carbons (Fsp3) is 0.235. The van der Waals surface area contributed by atoms with Crippen LogP contribution in [0.5, 0.6) is 0 Å². The lowest BCUT2D eigenvalue weighted by Gasteiger charge is -2.11. The van der Waals surface area contributed by atoms with Gasteiger partial charge in [-0.25, -0.2) is 0 Å². The van der Waals surface area contributed by atoms with Crippen molar-refractivity contribution in [1.29, 1.82) is 0 Å². The number of hydrogen-bond donors (Lipinski definition) is 0. The zero-order valence-corrected chi connectivity index (χ0v) is 12.4. The summed E-state index contributed by atoms with van der Waals surface area (Å²) in [5.74, 6) is 0.228. The SMILES string of the molecule is CCC(=O)c1c(C)cc(Sc2ccccc2)cc1C. The van der Waals surface area contributed by atoms with Gasteiger partial charge in [0, 0.05) is 21.8 Å². The lowest BCUT2D eigenvalue weighted by Crippen LogP contribution is -2.03. The molecule has 0 atom stereocenters. The molecule has 0 aliphatic carbocycles. The molecule has 0 N–H and O–H groups in total. The van der Waals surface area contributed by atoms with E-state index < -0.39 is 0 Å². The summed E-state index contributed by atoms with van der Waals surface area (Å²) in [5.41, 5.74) is 3.04. The van der Waals surface area contributed by atoms with E-state index in [1.54, 1.807) is 11.8 Å². The van der Waals surface area contributed by atoms with Gasteiger partial charge in [0.05, 0.1) is 0 Å². The van der Waals surface area contributed by atoms with Crippen molar-refractivity contribution < 1.29 is 4.79 Å². The Morgan fingerprint density at radius 1 is 1.00 bits per heavy atom. The molecule has 0 heterocycles. The van der Waals surface area contributed by atoms with Crippen LogP contribution < -0.4 is 0 Å². The summed E-state index contributed by atoms with van der Waals surface area (Å²) in [5, 5.41) is 0. The summed E-state index contributed by atoms with van der Waals surface area (Å²) in [6.07, 6.45) is 0.562. The topological polar surface area (TPSA) is 17.1 Å². The molecule has 1 nitrogen and oxygen atoms in total. The summed E-state index contributed by atoms with van der Waals surface area (Å²) in [6.45, 7) is 5.95. The van der Waals surface area contributed by atoms with E-state index in [2.05, 4.69) is 24.3 Å². The van der Waals surface area contributed by atoms with Crippen molar-refractivity contribution >= 4 is 17.5 Å². The minimum atomic E-state index is 0.228.